The van der Waals surface area contributed by atoms with Crippen LogP contribution in [0.15, 0.2) is 78.9 Å². The van der Waals surface area contributed by atoms with Gasteiger partial charge in [-0.1, -0.05) is 120 Å². The van der Waals surface area contributed by atoms with Gasteiger partial charge in [0, 0.05) is 5.69 Å². The SMILES string of the molecule is C/C(=C\Cc1cccc(C)c1N)c1ccccc1.CC.CCCCC.CN.Cc1ccccc1OC(F)(F)F. The highest BCUT2D eigenvalue weighted by atomic mass is 19.4. The van der Waals surface area contributed by atoms with Gasteiger partial charge in [0.05, 0.1) is 0 Å². The molecule has 3 rings (SSSR count). The minimum atomic E-state index is -4.61. The van der Waals surface area contributed by atoms with Crippen molar-refractivity contribution in [2.45, 2.75) is 80.5 Å². The summed E-state index contributed by atoms with van der Waals surface area (Å²) in [6.07, 6.45) is 2.59. The van der Waals surface area contributed by atoms with Crippen molar-refractivity contribution in [3.05, 3.63) is 101 Å². The van der Waals surface area contributed by atoms with E-state index < -0.39 is 6.36 Å². The van der Waals surface area contributed by atoms with Gasteiger partial charge in [0.15, 0.2) is 0 Å². The second kappa shape index (κ2) is 22.7. The highest BCUT2D eigenvalue weighted by Crippen LogP contribution is 2.25. The summed E-state index contributed by atoms with van der Waals surface area (Å²) < 4.78 is 38.8. The number of rotatable bonds is 6. The fourth-order valence-electron chi connectivity index (χ4n) is 3.15. The summed E-state index contributed by atoms with van der Waals surface area (Å²) in [6.45, 7) is 14.2. The zero-order chi connectivity index (χ0) is 30.3. The van der Waals surface area contributed by atoms with E-state index in [0.29, 0.717) is 5.56 Å². The van der Waals surface area contributed by atoms with Gasteiger partial charge < -0.3 is 16.2 Å². The monoisotopic (exact) mass is 546 g/mol. The molecule has 0 aliphatic heterocycles. The van der Waals surface area contributed by atoms with Gasteiger partial charge in [0.1, 0.15) is 5.75 Å². The van der Waals surface area contributed by atoms with E-state index in [1.807, 2.05) is 32.9 Å². The Balaban J connectivity index is 0. The van der Waals surface area contributed by atoms with Gasteiger partial charge in [0.25, 0.3) is 0 Å². The van der Waals surface area contributed by atoms with Crippen molar-refractivity contribution in [1.29, 1.82) is 0 Å². The Morgan fingerprint density at radius 2 is 1.31 bits per heavy atom. The average molecular weight is 547 g/mol. The predicted molar refractivity (Wildman–Crippen MR) is 164 cm³/mol. The van der Waals surface area contributed by atoms with Crippen molar-refractivity contribution < 1.29 is 17.9 Å². The van der Waals surface area contributed by atoms with Crippen molar-refractivity contribution >= 4 is 11.3 Å². The molecule has 0 saturated heterocycles. The summed E-state index contributed by atoms with van der Waals surface area (Å²) in [5, 5.41) is 0. The van der Waals surface area contributed by atoms with Crippen LogP contribution in [0.25, 0.3) is 5.57 Å². The van der Waals surface area contributed by atoms with Gasteiger partial charge in [-0.2, -0.15) is 0 Å². The smallest absolute Gasteiger partial charge is 0.406 e. The first-order valence-corrected chi connectivity index (χ1v) is 13.5. The van der Waals surface area contributed by atoms with E-state index in [1.165, 1.54) is 55.1 Å². The zero-order valence-electron chi connectivity index (χ0n) is 25.0. The van der Waals surface area contributed by atoms with Gasteiger partial charge in [0.2, 0.25) is 0 Å². The normalized spacial score (nSPS) is 10.2. The number of allylic oxidation sites excluding steroid dienone is 2. The molecule has 0 unspecified atom stereocenters. The third kappa shape index (κ3) is 17.8. The summed E-state index contributed by atoms with van der Waals surface area (Å²) in [5.74, 6) is -0.148. The molecule has 6 heteroatoms. The lowest BCUT2D eigenvalue weighted by atomic mass is 10.0. The number of unbranched alkanes of at least 4 members (excludes halogenated alkanes) is 2. The lowest BCUT2D eigenvalue weighted by Crippen LogP contribution is -2.17. The maximum Gasteiger partial charge on any atom is 0.573 e. The van der Waals surface area contributed by atoms with Crippen molar-refractivity contribution in [1.82, 2.24) is 0 Å². The van der Waals surface area contributed by atoms with Crippen LogP contribution in [-0.2, 0) is 6.42 Å². The first kappa shape index (κ1) is 37.9. The van der Waals surface area contributed by atoms with Crippen LogP contribution in [-0.4, -0.2) is 13.4 Å². The number of aryl methyl sites for hydroxylation is 2. The molecule has 0 saturated carbocycles. The molecule has 0 bridgehead atoms. The lowest BCUT2D eigenvalue weighted by Gasteiger charge is -2.10. The van der Waals surface area contributed by atoms with Crippen LogP contribution in [0.2, 0.25) is 0 Å². The van der Waals surface area contributed by atoms with E-state index in [1.54, 1.807) is 19.1 Å². The Bertz CT molecular complexity index is 1030. The van der Waals surface area contributed by atoms with E-state index in [4.69, 9.17) is 5.73 Å². The maximum atomic E-state index is 11.7. The summed E-state index contributed by atoms with van der Waals surface area (Å²) in [6, 6.07) is 22.6. The minimum absolute atomic E-state index is 0.148. The molecule has 0 aliphatic carbocycles. The largest absolute Gasteiger partial charge is 0.573 e. The van der Waals surface area contributed by atoms with Crippen LogP contribution in [0.5, 0.6) is 5.75 Å². The maximum absolute atomic E-state index is 11.7. The molecule has 3 aromatic carbocycles. The van der Waals surface area contributed by atoms with Gasteiger partial charge >= 0.3 is 6.36 Å². The Kier molecular flexibility index (Phi) is 22.1. The molecule has 0 heterocycles. The first-order valence-electron chi connectivity index (χ1n) is 13.5. The number of anilines is 1. The molecule has 3 aromatic rings. The fraction of sp³-hybridized carbons (Fsp3) is 0.394. The highest BCUT2D eigenvalue weighted by molar-refractivity contribution is 5.64. The summed E-state index contributed by atoms with van der Waals surface area (Å²) in [7, 11) is 1.50. The second-order valence-electron chi connectivity index (χ2n) is 8.27. The van der Waals surface area contributed by atoms with Crippen molar-refractivity contribution in [3.8, 4) is 5.75 Å². The topological polar surface area (TPSA) is 61.3 Å². The van der Waals surface area contributed by atoms with E-state index in [2.05, 4.69) is 73.7 Å². The van der Waals surface area contributed by atoms with E-state index >= 15 is 0 Å². The number of benzene rings is 3. The minimum Gasteiger partial charge on any atom is -0.406 e. The van der Waals surface area contributed by atoms with Crippen LogP contribution >= 0.6 is 0 Å². The number of hydrogen-bond acceptors (Lipinski definition) is 3. The number of alkyl halides is 3. The fourth-order valence-corrected chi connectivity index (χ4v) is 3.15. The van der Waals surface area contributed by atoms with Gasteiger partial charge in [-0.15, -0.1) is 13.2 Å². The van der Waals surface area contributed by atoms with Gasteiger partial charge in [-0.3, -0.25) is 0 Å². The molecule has 0 spiro atoms. The number of halogens is 3. The third-order valence-corrected chi connectivity index (χ3v) is 5.30. The van der Waals surface area contributed by atoms with E-state index in [9.17, 15) is 13.2 Å². The Labute approximate surface area is 235 Å². The van der Waals surface area contributed by atoms with Crippen LogP contribution in [0.4, 0.5) is 18.9 Å². The van der Waals surface area contributed by atoms with Crippen molar-refractivity contribution in [3.63, 3.8) is 0 Å². The highest BCUT2D eigenvalue weighted by Gasteiger charge is 2.31. The predicted octanol–water partition coefficient (Wildman–Crippen LogP) is 9.91. The first-order chi connectivity index (χ1) is 18.6. The molecule has 0 aliphatic rings. The molecule has 0 radical (unpaired) electrons. The summed E-state index contributed by atoms with van der Waals surface area (Å²) in [4.78, 5) is 0. The Morgan fingerprint density at radius 3 is 1.79 bits per heavy atom. The molecule has 0 atom stereocenters. The molecule has 3 nitrogen and oxygen atoms in total. The molecular weight excluding hydrogens is 497 g/mol. The Hall–Kier alpha value is -3.25. The van der Waals surface area contributed by atoms with Crippen LogP contribution < -0.4 is 16.2 Å². The number of ether oxygens (including phenoxy) is 1. The van der Waals surface area contributed by atoms with Gasteiger partial charge in [-0.25, -0.2) is 0 Å². The molecular formula is C33H49F3N2O. The van der Waals surface area contributed by atoms with Crippen LogP contribution in [0.1, 0.15) is 76.1 Å². The van der Waals surface area contributed by atoms with Crippen LogP contribution in [0, 0.1) is 13.8 Å². The number of nitrogens with two attached hydrogens (primary N) is 2. The molecule has 39 heavy (non-hydrogen) atoms. The lowest BCUT2D eigenvalue weighted by molar-refractivity contribution is -0.274. The summed E-state index contributed by atoms with van der Waals surface area (Å²) >= 11 is 0. The zero-order valence-corrected chi connectivity index (χ0v) is 25.0. The molecule has 0 amide bonds. The van der Waals surface area contributed by atoms with Crippen LogP contribution in [0.3, 0.4) is 0 Å². The van der Waals surface area contributed by atoms with E-state index in [-0.39, 0.29) is 5.75 Å². The number of nitrogen functional groups attached to an aromatic ring is 1. The van der Waals surface area contributed by atoms with Gasteiger partial charge in [-0.05, 0) is 68.1 Å². The number of hydrogen-bond donors (Lipinski definition) is 2. The molecule has 4 N–H and O–H groups in total. The van der Waals surface area contributed by atoms with E-state index in [0.717, 1.165) is 17.7 Å². The number of para-hydroxylation sites is 2. The Morgan fingerprint density at radius 1 is 0.795 bits per heavy atom. The van der Waals surface area contributed by atoms with Crippen molar-refractivity contribution in [2.75, 3.05) is 12.8 Å². The summed E-state index contributed by atoms with van der Waals surface area (Å²) in [5.41, 5.74) is 16.9. The quantitative estimate of drug-likeness (QED) is 0.302. The molecule has 0 fully saturated rings. The standard InChI is InChI=1S/C17H19N.C8H7F3O.C5H12.C2H6.CH5N/c1-13(15-8-4-3-5-9-15)11-12-16-10-6-7-14(2)17(16)18;1-6-4-2-3-5-7(6)12-8(9,10)11;1-3-5-4-2;2*1-2/h3-11H,12,18H2,1-2H3;2-5H,1H3;3-5H2,1-2H3;1-2H3;2H2,1H3/b13-11+;;;;. The third-order valence-electron chi connectivity index (χ3n) is 5.30. The second-order valence-corrected chi connectivity index (χ2v) is 8.27. The average Bonchev–Trinajstić information content (AvgIpc) is 2.94. The van der Waals surface area contributed by atoms with Crippen molar-refractivity contribution in [2.24, 2.45) is 5.73 Å². The molecule has 0 aromatic heterocycles. The molecule has 218 valence electrons.